The number of carbonyl (C=O) groups is 1. The zero-order chi connectivity index (χ0) is 20.1. The van der Waals surface area contributed by atoms with Crippen LogP contribution >= 0.6 is 0 Å². The number of benzene rings is 1. The molecular weight excluding hydrogens is 374 g/mol. The molecular formula is C21H27N3O3S. The lowest BCUT2D eigenvalue weighted by atomic mass is 10.1. The molecule has 1 aliphatic carbocycles. The van der Waals surface area contributed by atoms with Crippen LogP contribution in [0.2, 0.25) is 0 Å². The number of amides is 1. The van der Waals surface area contributed by atoms with Crippen LogP contribution in [0.3, 0.4) is 0 Å². The lowest BCUT2D eigenvalue weighted by Gasteiger charge is -2.27. The van der Waals surface area contributed by atoms with Crippen molar-refractivity contribution in [1.82, 2.24) is 14.6 Å². The Bertz CT molecular complexity index is 892. The van der Waals surface area contributed by atoms with Gasteiger partial charge >= 0.3 is 0 Å². The van der Waals surface area contributed by atoms with Gasteiger partial charge in [-0.05, 0) is 62.4 Å². The second-order valence-corrected chi connectivity index (χ2v) is 9.23. The monoisotopic (exact) mass is 401 g/mol. The summed E-state index contributed by atoms with van der Waals surface area (Å²) in [5, 5.41) is 0. The Kier molecular flexibility index (Phi) is 6.46. The number of hydrogen-bond donors (Lipinski definition) is 1. The van der Waals surface area contributed by atoms with Crippen LogP contribution in [-0.2, 0) is 27.8 Å². The Morgan fingerprint density at radius 1 is 1.18 bits per heavy atom. The molecule has 2 aromatic rings. The van der Waals surface area contributed by atoms with Crippen molar-refractivity contribution in [2.75, 3.05) is 0 Å². The smallest absolute Gasteiger partial charge is 0.240 e. The van der Waals surface area contributed by atoms with E-state index in [1.165, 1.54) is 0 Å². The summed E-state index contributed by atoms with van der Waals surface area (Å²) < 4.78 is 27.1. The maximum absolute atomic E-state index is 12.7. The van der Waals surface area contributed by atoms with Gasteiger partial charge in [0.2, 0.25) is 15.9 Å². The summed E-state index contributed by atoms with van der Waals surface area (Å²) in [6.07, 6.45) is 6.26. The van der Waals surface area contributed by atoms with E-state index in [0.717, 1.165) is 24.0 Å². The van der Waals surface area contributed by atoms with Gasteiger partial charge in [-0.1, -0.05) is 18.2 Å². The third-order valence-corrected chi connectivity index (χ3v) is 6.32. The van der Waals surface area contributed by atoms with Gasteiger partial charge in [-0.2, -0.15) is 0 Å². The summed E-state index contributed by atoms with van der Waals surface area (Å²) in [5.41, 5.74) is 1.95. The van der Waals surface area contributed by atoms with E-state index < -0.39 is 10.0 Å². The molecule has 3 rings (SSSR count). The topological polar surface area (TPSA) is 79.4 Å². The molecule has 1 amide bonds. The van der Waals surface area contributed by atoms with E-state index >= 15 is 0 Å². The van der Waals surface area contributed by atoms with Crippen LogP contribution in [0.5, 0.6) is 0 Å². The molecule has 0 spiro atoms. The van der Waals surface area contributed by atoms with Crippen LogP contribution in [-0.4, -0.2) is 36.3 Å². The van der Waals surface area contributed by atoms with Crippen molar-refractivity contribution in [2.45, 2.75) is 63.1 Å². The normalized spacial score (nSPS) is 14.2. The minimum Gasteiger partial charge on any atom is -0.336 e. The number of sulfonamides is 1. The third kappa shape index (κ3) is 5.62. The molecule has 7 heteroatoms. The Balaban J connectivity index is 1.58. The minimum atomic E-state index is -3.44. The first-order valence-electron chi connectivity index (χ1n) is 9.65. The van der Waals surface area contributed by atoms with Gasteiger partial charge in [-0.3, -0.25) is 9.78 Å². The van der Waals surface area contributed by atoms with Crippen LogP contribution in [0.1, 0.15) is 44.2 Å². The Labute approximate surface area is 167 Å². The highest BCUT2D eigenvalue weighted by molar-refractivity contribution is 7.89. The number of nitrogens with one attached hydrogen (secondary N) is 1. The fourth-order valence-corrected chi connectivity index (χ4v) is 4.27. The fraction of sp³-hybridized carbons (Fsp3) is 0.429. The SMILES string of the molecule is CC(C)N(Cc1cccnc1)C(=O)CCc1ccc(S(=O)(=O)NC2CC2)cc1. The Hall–Kier alpha value is -2.25. The van der Waals surface area contributed by atoms with E-state index in [1.54, 1.807) is 36.7 Å². The largest absolute Gasteiger partial charge is 0.336 e. The molecule has 1 N–H and O–H groups in total. The summed E-state index contributed by atoms with van der Waals surface area (Å²) in [4.78, 5) is 18.9. The fourth-order valence-electron chi connectivity index (χ4n) is 2.97. The minimum absolute atomic E-state index is 0.0750. The molecule has 1 aliphatic rings. The summed E-state index contributed by atoms with van der Waals surface area (Å²) in [5.74, 6) is 0.0750. The Morgan fingerprint density at radius 3 is 2.46 bits per heavy atom. The second-order valence-electron chi connectivity index (χ2n) is 7.52. The van der Waals surface area contributed by atoms with Crippen molar-refractivity contribution in [3.05, 3.63) is 59.9 Å². The number of nitrogens with zero attached hydrogens (tertiary/aromatic N) is 2. The predicted octanol–water partition coefficient (Wildman–Crippen LogP) is 2.89. The zero-order valence-electron chi connectivity index (χ0n) is 16.3. The van der Waals surface area contributed by atoms with Crippen LogP contribution in [0, 0.1) is 0 Å². The van der Waals surface area contributed by atoms with E-state index in [1.807, 2.05) is 30.9 Å². The van der Waals surface area contributed by atoms with E-state index in [-0.39, 0.29) is 22.9 Å². The lowest BCUT2D eigenvalue weighted by molar-refractivity contribution is -0.133. The summed E-state index contributed by atoms with van der Waals surface area (Å²) in [6, 6.07) is 10.8. The third-order valence-electron chi connectivity index (χ3n) is 4.78. The van der Waals surface area contributed by atoms with Crippen molar-refractivity contribution in [3.63, 3.8) is 0 Å². The summed E-state index contributed by atoms with van der Waals surface area (Å²) in [7, 11) is -3.44. The molecule has 0 atom stereocenters. The molecule has 150 valence electrons. The highest BCUT2D eigenvalue weighted by Crippen LogP contribution is 2.22. The quantitative estimate of drug-likeness (QED) is 0.701. The number of pyridine rings is 1. The van der Waals surface area contributed by atoms with Gasteiger partial charge in [-0.25, -0.2) is 13.1 Å². The number of aromatic nitrogens is 1. The molecule has 1 fully saturated rings. The average molecular weight is 402 g/mol. The van der Waals surface area contributed by atoms with E-state index in [0.29, 0.717) is 19.4 Å². The molecule has 0 unspecified atom stereocenters. The average Bonchev–Trinajstić information content (AvgIpc) is 3.48. The zero-order valence-corrected chi connectivity index (χ0v) is 17.2. The van der Waals surface area contributed by atoms with Crippen molar-refractivity contribution in [3.8, 4) is 0 Å². The van der Waals surface area contributed by atoms with Crippen LogP contribution in [0.25, 0.3) is 0 Å². The van der Waals surface area contributed by atoms with E-state index in [2.05, 4.69) is 9.71 Å². The molecule has 1 saturated carbocycles. The number of aryl methyl sites for hydroxylation is 1. The first-order chi connectivity index (χ1) is 13.3. The van der Waals surface area contributed by atoms with Gasteiger partial charge in [0.05, 0.1) is 4.90 Å². The highest BCUT2D eigenvalue weighted by atomic mass is 32.2. The van der Waals surface area contributed by atoms with Crippen LogP contribution in [0.15, 0.2) is 53.7 Å². The molecule has 1 heterocycles. The van der Waals surface area contributed by atoms with Gasteiger partial charge in [0.15, 0.2) is 0 Å². The van der Waals surface area contributed by atoms with E-state index in [9.17, 15) is 13.2 Å². The molecule has 6 nitrogen and oxygen atoms in total. The van der Waals surface area contributed by atoms with Crippen molar-refractivity contribution in [1.29, 1.82) is 0 Å². The summed E-state index contributed by atoms with van der Waals surface area (Å²) in [6.45, 7) is 4.54. The number of rotatable bonds is 9. The first-order valence-corrected chi connectivity index (χ1v) is 11.1. The van der Waals surface area contributed by atoms with Gasteiger partial charge in [0.1, 0.15) is 0 Å². The highest BCUT2D eigenvalue weighted by Gasteiger charge is 2.27. The van der Waals surface area contributed by atoms with Gasteiger partial charge in [0, 0.05) is 37.4 Å². The second kappa shape index (κ2) is 8.84. The molecule has 0 saturated heterocycles. The number of carbonyl (C=O) groups excluding carboxylic acids is 1. The molecule has 1 aromatic carbocycles. The maximum atomic E-state index is 12.7. The molecule has 0 bridgehead atoms. The molecule has 1 aromatic heterocycles. The van der Waals surface area contributed by atoms with Crippen LogP contribution < -0.4 is 4.72 Å². The van der Waals surface area contributed by atoms with Crippen molar-refractivity contribution in [2.24, 2.45) is 0 Å². The standard InChI is InChI=1S/C21H27N3O3S/c1-16(2)24(15-18-4-3-13-22-14-18)21(25)12-7-17-5-10-20(11-6-17)28(26,27)23-19-8-9-19/h3-6,10-11,13-14,16,19,23H,7-9,12,15H2,1-2H3. The Morgan fingerprint density at radius 2 is 1.89 bits per heavy atom. The van der Waals surface area contributed by atoms with E-state index in [4.69, 9.17) is 0 Å². The van der Waals surface area contributed by atoms with Crippen LogP contribution in [0.4, 0.5) is 0 Å². The lowest BCUT2D eigenvalue weighted by Crippen LogP contribution is -2.36. The summed E-state index contributed by atoms with van der Waals surface area (Å²) >= 11 is 0. The van der Waals surface area contributed by atoms with Crippen molar-refractivity contribution >= 4 is 15.9 Å². The molecule has 0 radical (unpaired) electrons. The number of hydrogen-bond acceptors (Lipinski definition) is 4. The van der Waals surface area contributed by atoms with Gasteiger partial charge in [-0.15, -0.1) is 0 Å². The first kappa shape index (κ1) is 20.5. The predicted molar refractivity (Wildman–Crippen MR) is 108 cm³/mol. The van der Waals surface area contributed by atoms with Crippen molar-refractivity contribution < 1.29 is 13.2 Å². The molecule has 28 heavy (non-hydrogen) atoms. The van der Waals surface area contributed by atoms with Gasteiger partial charge in [0.25, 0.3) is 0 Å². The van der Waals surface area contributed by atoms with Gasteiger partial charge < -0.3 is 4.90 Å². The molecule has 0 aliphatic heterocycles. The maximum Gasteiger partial charge on any atom is 0.240 e.